The molecule has 21 heavy (non-hydrogen) atoms. The Morgan fingerprint density at radius 1 is 1.29 bits per heavy atom. The first kappa shape index (κ1) is 15.4. The Bertz CT molecular complexity index is 649. The minimum Gasteiger partial charge on any atom is -0.347 e. The maximum Gasteiger partial charge on any atom is 0.443 e. The number of aromatic nitrogens is 1. The van der Waals surface area contributed by atoms with Crippen molar-refractivity contribution in [2.24, 2.45) is 0 Å². The number of amides is 1. The Labute approximate surface area is 121 Å². The highest BCUT2D eigenvalue weighted by Crippen LogP contribution is 2.33. The zero-order valence-electron chi connectivity index (χ0n) is 10.8. The number of hydrogen-bond acceptors (Lipinski definition) is 3. The van der Waals surface area contributed by atoms with E-state index >= 15 is 0 Å². The number of aryl methyl sites for hydroxylation is 1. The number of thiazole rings is 1. The molecule has 0 bridgehead atoms. The molecule has 0 aliphatic rings. The van der Waals surface area contributed by atoms with E-state index in [1.165, 1.54) is 31.2 Å². The topological polar surface area (TPSA) is 42.0 Å². The quantitative estimate of drug-likeness (QED) is 0.880. The number of nitrogens with one attached hydrogen (secondary N) is 1. The molecule has 2 aromatic rings. The van der Waals surface area contributed by atoms with E-state index in [2.05, 4.69) is 10.3 Å². The van der Waals surface area contributed by atoms with Gasteiger partial charge in [-0.2, -0.15) is 13.2 Å². The molecule has 1 heterocycles. The van der Waals surface area contributed by atoms with Crippen LogP contribution in [0.25, 0.3) is 0 Å². The Morgan fingerprint density at radius 2 is 1.90 bits per heavy atom. The Morgan fingerprint density at radius 3 is 2.43 bits per heavy atom. The van der Waals surface area contributed by atoms with Crippen LogP contribution in [0.5, 0.6) is 0 Å². The molecule has 1 N–H and O–H groups in total. The first-order chi connectivity index (χ1) is 9.77. The van der Waals surface area contributed by atoms with Crippen LogP contribution in [0.2, 0.25) is 0 Å². The number of benzene rings is 1. The van der Waals surface area contributed by atoms with Crippen LogP contribution < -0.4 is 5.32 Å². The molecule has 0 spiro atoms. The lowest BCUT2D eigenvalue weighted by Crippen LogP contribution is -2.22. The number of alkyl halides is 3. The maximum atomic E-state index is 12.7. The van der Waals surface area contributed by atoms with Crippen molar-refractivity contribution in [1.29, 1.82) is 0 Å². The number of rotatable bonds is 3. The second-order valence-electron chi connectivity index (χ2n) is 4.24. The third-order valence-corrected chi connectivity index (χ3v) is 3.81. The number of nitrogens with zero attached hydrogens (tertiary/aromatic N) is 1. The van der Waals surface area contributed by atoms with Crippen molar-refractivity contribution in [3.05, 3.63) is 51.2 Å². The van der Waals surface area contributed by atoms with Crippen LogP contribution in [-0.4, -0.2) is 10.9 Å². The molecular formula is C13H10F4N2OS. The molecule has 112 valence electrons. The molecule has 1 aromatic carbocycles. The summed E-state index contributed by atoms with van der Waals surface area (Å²) in [5.41, 5.74) is 0.673. The van der Waals surface area contributed by atoms with Gasteiger partial charge in [0.25, 0.3) is 5.91 Å². The van der Waals surface area contributed by atoms with Gasteiger partial charge in [0.2, 0.25) is 0 Å². The van der Waals surface area contributed by atoms with Crippen LogP contribution in [0.1, 0.15) is 25.9 Å². The van der Waals surface area contributed by atoms with Crippen molar-refractivity contribution in [3.8, 4) is 0 Å². The van der Waals surface area contributed by atoms with E-state index in [0.29, 0.717) is 16.9 Å². The SMILES string of the molecule is Cc1nc(C(F)(F)F)sc1C(=O)NCc1ccc(F)cc1. The van der Waals surface area contributed by atoms with Crippen LogP contribution >= 0.6 is 11.3 Å². The number of hydrogen-bond donors (Lipinski definition) is 1. The average Bonchev–Trinajstić information content (AvgIpc) is 2.80. The molecule has 0 unspecified atom stereocenters. The molecule has 0 saturated carbocycles. The zero-order valence-corrected chi connectivity index (χ0v) is 11.6. The molecule has 3 nitrogen and oxygen atoms in total. The highest BCUT2D eigenvalue weighted by Gasteiger charge is 2.36. The maximum absolute atomic E-state index is 12.7. The molecule has 0 radical (unpaired) electrons. The van der Waals surface area contributed by atoms with Crippen molar-refractivity contribution in [3.63, 3.8) is 0 Å². The summed E-state index contributed by atoms with van der Waals surface area (Å²) < 4.78 is 50.3. The molecule has 0 aliphatic heterocycles. The smallest absolute Gasteiger partial charge is 0.347 e. The van der Waals surface area contributed by atoms with E-state index in [9.17, 15) is 22.4 Å². The number of halogens is 4. The minimum atomic E-state index is -4.56. The highest BCUT2D eigenvalue weighted by molar-refractivity contribution is 7.13. The lowest BCUT2D eigenvalue weighted by Gasteiger charge is -2.04. The van der Waals surface area contributed by atoms with Crippen molar-refractivity contribution >= 4 is 17.2 Å². The Balaban J connectivity index is 2.07. The third-order valence-electron chi connectivity index (χ3n) is 2.61. The average molecular weight is 318 g/mol. The third kappa shape index (κ3) is 3.78. The predicted molar refractivity (Wildman–Crippen MR) is 69.4 cm³/mol. The first-order valence-electron chi connectivity index (χ1n) is 5.84. The van der Waals surface area contributed by atoms with Crippen molar-refractivity contribution in [1.82, 2.24) is 10.3 Å². The molecule has 8 heteroatoms. The summed E-state index contributed by atoms with van der Waals surface area (Å²) >= 11 is 0.304. The fourth-order valence-corrected chi connectivity index (χ4v) is 2.44. The lowest BCUT2D eigenvalue weighted by atomic mass is 10.2. The number of carbonyl (C=O) groups is 1. The summed E-state index contributed by atoms with van der Waals surface area (Å²) in [4.78, 5) is 15.1. The van der Waals surface area contributed by atoms with Gasteiger partial charge in [-0.05, 0) is 24.6 Å². The molecule has 1 amide bonds. The van der Waals surface area contributed by atoms with Crippen LogP contribution in [0.15, 0.2) is 24.3 Å². The molecule has 0 aliphatic carbocycles. The van der Waals surface area contributed by atoms with Gasteiger partial charge in [0.1, 0.15) is 10.7 Å². The summed E-state index contributed by atoms with van der Waals surface area (Å²) in [7, 11) is 0. The normalized spacial score (nSPS) is 11.5. The standard InChI is InChI=1S/C13H10F4N2OS/c1-7-10(21-12(19-7)13(15,16)17)11(20)18-6-8-2-4-9(14)5-3-8/h2-5H,6H2,1H3,(H,18,20). The van der Waals surface area contributed by atoms with Crippen molar-refractivity contribution in [2.75, 3.05) is 0 Å². The lowest BCUT2D eigenvalue weighted by molar-refractivity contribution is -0.137. The van der Waals surface area contributed by atoms with E-state index in [1.807, 2.05) is 0 Å². The van der Waals surface area contributed by atoms with Gasteiger partial charge in [0.05, 0.1) is 5.69 Å². The molecule has 1 aromatic heterocycles. The monoisotopic (exact) mass is 318 g/mol. The van der Waals surface area contributed by atoms with Gasteiger partial charge in [-0.3, -0.25) is 4.79 Å². The van der Waals surface area contributed by atoms with Gasteiger partial charge in [-0.1, -0.05) is 12.1 Å². The van der Waals surface area contributed by atoms with Gasteiger partial charge in [0.15, 0.2) is 5.01 Å². The summed E-state index contributed by atoms with van der Waals surface area (Å²) in [6, 6.07) is 5.44. The second-order valence-corrected chi connectivity index (χ2v) is 5.24. The largest absolute Gasteiger partial charge is 0.443 e. The fraction of sp³-hybridized carbons (Fsp3) is 0.231. The molecule has 0 fully saturated rings. The summed E-state index contributed by atoms with van der Waals surface area (Å²) in [5, 5.41) is 1.43. The first-order valence-corrected chi connectivity index (χ1v) is 6.66. The van der Waals surface area contributed by atoms with E-state index < -0.39 is 22.9 Å². The second kappa shape index (κ2) is 5.80. The van der Waals surface area contributed by atoms with Crippen LogP contribution in [0.3, 0.4) is 0 Å². The molecule has 0 saturated heterocycles. The molecular weight excluding hydrogens is 308 g/mol. The van der Waals surface area contributed by atoms with Crippen LogP contribution in [0, 0.1) is 12.7 Å². The van der Waals surface area contributed by atoms with Crippen LogP contribution in [-0.2, 0) is 12.7 Å². The van der Waals surface area contributed by atoms with Crippen molar-refractivity contribution in [2.45, 2.75) is 19.6 Å². The Kier molecular flexibility index (Phi) is 4.26. The summed E-state index contributed by atoms with van der Waals surface area (Å²) in [5.74, 6) is -1.04. The van der Waals surface area contributed by atoms with E-state index in [1.54, 1.807) is 0 Å². The van der Waals surface area contributed by atoms with Crippen LogP contribution in [0.4, 0.5) is 17.6 Å². The predicted octanol–water partition coefficient (Wildman–Crippen LogP) is 3.54. The minimum absolute atomic E-state index is 0.0314. The van der Waals surface area contributed by atoms with Gasteiger partial charge < -0.3 is 5.32 Å². The fourth-order valence-electron chi connectivity index (χ4n) is 1.59. The van der Waals surface area contributed by atoms with E-state index in [-0.39, 0.29) is 17.1 Å². The van der Waals surface area contributed by atoms with E-state index in [4.69, 9.17) is 0 Å². The Hall–Kier alpha value is -1.96. The molecule has 0 atom stereocenters. The van der Waals surface area contributed by atoms with Gasteiger partial charge in [0, 0.05) is 6.54 Å². The molecule has 2 rings (SSSR count). The summed E-state index contributed by atoms with van der Waals surface area (Å²) in [6.07, 6.45) is -4.56. The van der Waals surface area contributed by atoms with E-state index in [0.717, 1.165) is 0 Å². The summed E-state index contributed by atoms with van der Waals surface area (Å²) in [6.45, 7) is 1.44. The zero-order chi connectivity index (χ0) is 15.6. The van der Waals surface area contributed by atoms with Gasteiger partial charge >= 0.3 is 6.18 Å². The highest BCUT2D eigenvalue weighted by atomic mass is 32.1. The van der Waals surface area contributed by atoms with Gasteiger partial charge in [-0.15, -0.1) is 11.3 Å². The number of carbonyl (C=O) groups excluding carboxylic acids is 1. The van der Waals surface area contributed by atoms with Crippen molar-refractivity contribution < 1.29 is 22.4 Å². The van der Waals surface area contributed by atoms with Gasteiger partial charge in [-0.25, -0.2) is 9.37 Å².